The van der Waals surface area contributed by atoms with Crippen LogP contribution in [0, 0.1) is 0 Å². The highest BCUT2D eigenvalue weighted by atomic mass is 79.9. The normalized spacial score (nSPS) is 11.1. The first kappa shape index (κ1) is 17.7. The van der Waals surface area contributed by atoms with Crippen LogP contribution in [-0.4, -0.2) is 10.5 Å². The van der Waals surface area contributed by atoms with Gasteiger partial charge in [-0.25, -0.2) is 0 Å². The monoisotopic (exact) mass is 418 g/mol. The number of nitrogens with one attached hydrogen (secondary N) is 1. The number of nitrogens with zero attached hydrogens (tertiary/aromatic N) is 1. The summed E-state index contributed by atoms with van der Waals surface area (Å²) < 4.78 is 2.82. The van der Waals surface area contributed by atoms with E-state index in [0.29, 0.717) is 16.1 Å². The van der Waals surface area contributed by atoms with Crippen molar-refractivity contribution in [2.45, 2.75) is 19.9 Å². The van der Waals surface area contributed by atoms with Crippen molar-refractivity contribution in [3.63, 3.8) is 0 Å². The maximum Gasteiger partial charge on any atom is 0.261 e. The molecular weight excluding hydrogens is 404 g/mol. The zero-order chi connectivity index (χ0) is 18.1. The molecule has 0 saturated heterocycles. The Labute approximate surface area is 158 Å². The Bertz CT molecular complexity index is 1010. The Morgan fingerprint density at radius 1 is 1.16 bits per heavy atom. The second-order valence-electron chi connectivity index (χ2n) is 6.00. The van der Waals surface area contributed by atoms with Gasteiger partial charge >= 0.3 is 0 Å². The average molecular weight is 420 g/mol. The quantitative estimate of drug-likeness (QED) is 0.630. The van der Waals surface area contributed by atoms with Crippen molar-refractivity contribution >= 4 is 50.0 Å². The lowest BCUT2D eigenvalue weighted by atomic mass is 10.1. The zero-order valence-corrected chi connectivity index (χ0v) is 16.1. The van der Waals surface area contributed by atoms with Crippen molar-refractivity contribution < 1.29 is 4.79 Å². The average Bonchev–Trinajstić information content (AvgIpc) is 2.57. The molecular formula is C19H16BrClN2O2. The predicted molar refractivity (Wildman–Crippen MR) is 106 cm³/mol. The molecule has 0 atom stereocenters. The van der Waals surface area contributed by atoms with Gasteiger partial charge in [0.2, 0.25) is 5.43 Å². The number of rotatable bonds is 3. The largest absolute Gasteiger partial charge is 0.344 e. The third-order valence-corrected chi connectivity index (χ3v) is 4.66. The van der Waals surface area contributed by atoms with Crippen LogP contribution in [0.2, 0.25) is 5.02 Å². The lowest BCUT2D eigenvalue weighted by Gasteiger charge is -2.17. The fourth-order valence-corrected chi connectivity index (χ4v) is 3.08. The van der Waals surface area contributed by atoms with E-state index >= 15 is 0 Å². The molecule has 0 aliphatic heterocycles. The van der Waals surface area contributed by atoms with Gasteiger partial charge in [-0.3, -0.25) is 9.59 Å². The van der Waals surface area contributed by atoms with Crippen molar-refractivity contribution in [3.8, 4) is 0 Å². The first-order valence-corrected chi connectivity index (χ1v) is 8.95. The zero-order valence-electron chi connectivity index (χ0n) is 13.7. The Morgan fingerprint density at radius 3 is 2.48 bits per heavy atom. The van der Waals surface area contributed by atoms with E-state index in [4.69, 9.17) is 11.6 Å². The summed E-state index contributed by atoms with van der Waals surface area (Å²) in [5.74, 6) is -0.441. The highest BCUT2D eigenvalue weighted by Crippen LogP contribution is 2.21. The van der Waals surface area contributed by atoms with E-state index in [1.54, 1.807) is 36.5 Å². The highest BCUT2D eigenvalue weighted by Gasteiger charge is 2.17. The summed E-state index contributed by atoms with van der Waals surface area (Å²) in [4.78, 5) is 25.5. The van der Waals surface area contributed by atoms with Crippen LogP contribution in [0.15, 0.2) is 57.9 Å². The molecule has 1 N–H and O–H groups in total. The van der Waals surface area contributed by atoms with E-state index in [0.717, 1.165) is 9.99 Å². The number of pyridine rings is 1. The molecule has 3 aromatic rings. The van der Waals surface area contributed by atoms with E-state index in [-0.39, 0.29) is 17.0 Å². The number of anilines is 1. The molecule has 128 valence electrons. The van der Waals surface area contributed by atoms with Gasteiger partial charge in [-0.05, 0) is 56.3 Å². The molecule has 0 aliphatic carbocycles. The summed E-state index contributed by atoms with van der Waals surface area (Å²) in [7, 11) is 0. The van der Waals surface area contributed by atoms with E-state index < -0.39 is 5.91 Å². The summed E-state index contributed by atoms with van der Waals surface area (Å²) >= 11 is 9.39. The minimum atomic E-state index is -0.441. The first-order chi connectivity index (χ1) is 11.9. The van der Waals surface area contributed by atoms with E-state index in [2.05, 4.69) is 21.2 Å². The first-order valence-electron chi connectivity index (χ1n) is 7.78. The molecule has 0 spiro atoms. The standard InChI is InChI=1S/C19H16BrClN2O2/c1-11(2)23-10-16(18(24)15-9-13(21)5-8-17(15)23)19(25)22-14-6-3-12(20)4-7-14/h3-11H,1-2H3,(H,22,25). The van der Waals surface area contributed by atoms with Gasteiger partial charge in [-0.15, -0.1) is 0 Å². The fraction of sp³-hybridized carbons (Fsp3) is 0.158. The number of amides is 1. The Balaban J connectivity index is 2.11. The van der Waals surface area contributed by atoms with Gasteiger partial charge in [0.25, 0.3) is 5.91 Å². The summed E-state index contributed by atoms with van der Waals surface area (Å²) in [5.41, 5.74) is 1.13. The molecule has 0 unspecified atom stereocenters. The van der Waals surface area contributed by atoms with Gasteiger partial charge in [0, 0.05) is 32.8 Å². The number of benzene rings is 2. The van der Waals surface area contributed by atoms with Crippen LogP contribution in [0.5, 0.6) is 0 Å². The molecule has 3 rings (SSSR count). The van der Waals surface area contributed by atoms with Crippen LogP contribution in [0.3, 0.4) is 0 Å². The van der Waals surface area contributed by atoms with Crippen LogP contribution in [-0.2, 0) is 0 Å². The number of hydrogen-bond acceptors (Lipinski definition) is 2. The molecule has 25 heavy (non-hydrogen) atoms. The second kappa shape index (κ2) is 7.02. The minimum absolute atomic E-state index is 0.0866. The Kier molecular flexibility index (Phi) is 4.97. The number of fused-ring (bicyclic) bond motifs is 1. The minimum Gasteiger partial charge on any atom is -0.344 e. The van der Waals surface area contributed by atoms with Crippen molar-refractivity contribution in [3.05, 3.63) is 73.9 Å². The van der Waals surface area contributed by atoms with Gasteiger partial charge in [0.05, 0.1) is 5.52 Å². The molecule has 0 radical (unpaired) electrons. The van der Waals surface area contributed by atoms with Gasteiger partial charge in [0.1, 0.15) is 5.56 Å². The fourth-order valence-electron chi connectivity index (χ4n) is 2.65. The van der Waals surface area contributed by atoms with Crippen LogP contribution in [0.1, 0.15) is 30.2 Å². The van der Waals surface area contributed by atoms with Crippen molar-refractivity contribution in [2.75, 3.05) is 5.32 Å². The summed E-state index contributed by atoms with van der Waals surface area (Å²) in [6.45, 7) is 3.99. The molecule has 0 saturated carbocycles. The number of carbonyl (C=O) groups is 1. The molecule has 1 amide bonds. The molecule has 1 aromatic heterocycles. The number of halogens is 2. The van der Waals surface area contributed by atoms with Crippen LogP contribution in [0.4, 0.5) is 5.69 Å². The van der Waals surface area contributed by atoms with Gasteiger partial charge in [-0.2, -0.15) is 0 Å². The van der Waals surface area contributed by atoms with Crippen molar-refractivity contribution in [1.82, 2.24) is 4.57 Å². The Morgan fingerprint density at radius 2 is 1.84 bits per heavy atom. The maximum absolute atomic E-state index is 12.8. The third kappa shape index (κ3) is 3.62. The molecule has 2 aromatic carbocycles. The molecule has 0 aliphatic rings. The number of aromatic nitrogens is 1. The van der Waals surface area contributed by atoms with Gasteiger partial charge < -0.3 is 9.88 Å². The van der Waals surface area contributed by atoms with Crippen molar-refractivity contribution in [1.29, 1.82) is 0 Å². The van der Waals surface area contributed by atoms with Gasteiger partial charge in [-0.1, -0.05) is 27.5 Å². The third-order valence-electron chi connectivity index (χ3n) is 3.90. The van der Waals surface area contributed by atoms with Crippen molar-refractivity contribution in [2.24, 2.45) is 0 Å². The number of hydrogen-bond donors (Lipinski definition) is 1. The summed E-state index contributed by atoms with van der Waals surface area (Å²) in [6, 6.07) is 12.4. The summed E-state index contributed by atoms with van der Waals surface area (Å²) in [6.07, 6.45) is 1.61. The molecule has 0 bridgehead atoms. The van der Waals surface area contributed by atoms with Crippen LogP contribution >= 0.6 is 27.5 Å². The van der Waals surface area contributed by atoms with E-state index in [1.165, 1.54) is 0 Å². The smallest absolute Gasteiger partial charge is 0.261 e. The van der Waals surface area contributed by atoms with E-state index in [9.17, 15) is 9.59 Å². The predicted octanol–water partition coefficient (Wildman–Crippen LogP) is 5.25. The topological polar surface area (TPSA) is 51.1 Å². The molecule has 0 fully saturated rings. The SMILES string of the molecule is CC(C)n1cc(C(=O)Nc2ccc(Br)cc2)c(=O)c2cc(Cl)ccc21. The lowest BCUT2D eigenvalue weighted by Crippen LogP contribution is -2.24. The number of carbonyl (C=O) groups excluding carboxylic acids is 1. The summed E-state index contributed by atoms with van der Waals surface area (Å²) in [5, 5.41) is 3.66. The van der Waals surface area contributed by atoms with E-state index in [1.807, 2.05) is 30.5 Å². The van der Waals surface area contributed by atoms with Gasteiger partial charge in [0.15, 0.2) is 0 Å². The van der Waals surface area contributed by atoms with Crippen LogP contribution in [0.25, 0.3) is 10.9 Å². The second-order valence-corrected chi connectivity index (χ2v) is 7.35. The molecule has 6 heteroatoms. The maximum atomic E-state index is 12.8. The highest BCUT2D eigenvalue weighted by molar-refractivity contribution is 9.10. The molecule has 4 nitrogen and oxygen atoms in total. The lowest BCUT2D eigenvalue weighted by molar-refractivity contribution is 0.102. The Hall–Kier alpha value is -2.11. The molecule has 1 heterocycles. The van der Waals surface area contributed by atoms with Crippen LogP contribution < -0.4 is 10.7 Å².